The Hall–Kier alpha value is -0.120. The van der Waals surface area contributed by atoms with Gasteiger partial charge >= 0.3 is 0 Å². The number of hydrogen-bond donors (Lipinski definition) is 1. The molecule has 0 radical (unpaired) electrons. The van der Waals surface area contributed by atoms with Crippen LogP contribution in [-0.4, -0.2) is 50.3 Å². The van der Waals surface area contributed by atoms with Gasteiger partial charge < -0.3 is 15.0 Å². The average Bonchev–Trinajstić information content (AvgIpc) is 3.05. The molecular formula is C17H32N2O. The highest BCUT2D eigenvalue weighted by atomic mass is 16.5. The van der Waals surface area contributed by atoms with Crippen molar-refractivity contribution in [3.05, 3.63) is 0 Å². The summed E-state index contributed by atoms with van der Waals surface area (Å²) >= 11 is 0. The largest absolute Gasteiger partial charge is 0.381 e. The molecule has 2 aliphatic heterocycles. The van der Waals surface area contributed by atoms with Crippen molar-refractivity contribution in [1.82, 2.24) is 10.2 Å². The monoisotopic (exact) mass is 280 g/mol. The maximum atomic E-state index is 5.76. The zero-order valence-corrected chi connectivity index (χ0v) is 13.4. The predicted octanol–water partition coefficient (Wildman–Crippen LogP) is 2.66. The molecule has 1 aliphatic carbocycles. The van der Waals surface area contributed by atoms with Crippen molar-refractivity contribution in [2.75, 3.05) is 39.4 Å². The zero-order valence-electron chi connectivity index (χ0n) is 13.4. The summed E-state index contributed by atoms with van der Waals surface area (Å²) < 4.78 is 5.76. The van der Waals surface area contributed by atoms with Crippen LogP contribution in [0.1, 0.15) is 52.4 Å². The van der Waals surface area contributed by atoms with E-state index in [1.807, 2.05) is 0 Å². The van der Waals surface area contributed by atoms with E-state index in [0.717, 1.165) is 19.3 Å². The number of likely N-dealkylation sites (tertiary alicyclic amines) is 1. The van der Waals surface area contributed by atoms with Gasteiger partial charge in [-0.1, -0.05) is 13.8 Å². The molecule has 3 fully saturated rings. The molecule has 3 rings (SSSR count). The smallest absolute Gasteiger partial charge is 0.0547 e. The van der Waals surface area contributed by atoms with E-state index in [0.29, 0.717) is 10.8 Å². The fourth-order valence-corrected chi connectivity index (χ4v) is 4.08. The Balaban J connectivity index is 1.56. The van der Waals surface area contributed by atoms with Crippen LogP contribution < -0.4 is 5.32 Å². The third-order valence-corrected chi connectivity index (χ3v) is 6.10. The topological polar surface area (TPSA) is 24.5 Å². The summed E-state index contributed by atoms with van der Waals surface area (Å²) in [7, 11) is 0. The van der Waals surface area contributed by atoms with Crippen molar-refractivity contribution < 1.29 is 4.74 Å². The minimum atomic E-state index is 0.389. The number of rotatable bonds is 7. The zero-order chi connectivity index (χ0) is 14.1. The van der Waals surface area contributed by atoms with Gasteiger partial charge in [0.05, 0.1) is 6.61 Å². The van der Waals surface area contributed by atoms with Gasteiger partial charge in [0.2, 0.25) is 0 Å². The lowest BCUT2D eigenvalue weighted by atomic mass is 9.81. The third kappa shape index (κ3) is 3.20. The van der Waals surface area contributed by atoms with Gasteiger partial charge in [-0.25, -0.2) is 0 Å². The first kappa shape index (κ1) is 14.8. The minimum Gasteiger partial charge on any atom is -0.381 e. The van der Waals surface area contributed by atoms with Crippen LogP contribution >= 0.6 is 0 Å². The molecule has 1 saturated carbocycles. The van der Waals surface area contributed by atoms with E-state index in [4.69, 9.17) is 4.74 Å². The number of hydrogen-bond acceptors (Lipinski definition) is 3. The molecule has 1 N–H and O–H groups in total. The van der Waals surface area contributed by atoms with Gasteiger partial charge in [0, 0.05) is 37.7 Å². The Morgan fingerprint density at radius 3 is 2.50 bits per heavy atom. The number of ether oxygens (including phenoxy) is 1. The summed E-state index contributed by atoms with van der Waals surface area (Å²) in [6.45, 7) is 11.7. The normalized spacial score (nSPS) is 33.9. The molecule has 0 aromatic carbocycles. The molecule has 0 aromatic rings. The van der Waals surface area contributed by atoms with Gasteiger partial charge in [-0.15, -0.1) is 0 Å². The summed E-state index contributed by atoms with van der Waals surface area (Å²) in [6, 6.07) is 0.816. The van der Waals surface area contributed by atoms with E-state index in [2.05, 4.69) is 24.1 Å². The molecular weight excluding hydrogens is 248 g/mol. The molecule has 0 aromatic heterocycles. The quantitative estimate of drug-likeness (QED) is 0.776. The Bertz CT molecular complexity index is 317. The maximum absolute atomic E-state index is 5.76. The van der Waals surface area contributed by atoms with Crippen molar-refractivity contribution in [2.45, 2.75) is 58.4 Å². The molecule has 0 spiro atoms. The van der Waals surface area contributed by atoms with E-state index < -0.39 is 0 Å². The van der Waals surface area contributed by atoms with Crippen LogP contribution in [0, 0.1) is 10.8 Å². The Morgan fingerprint density at radius 1 is 1.15 bits per heavy atom. The van der Waals surface area contributed by atoms with E-state index in [1.165, 1.54) is 64.7 Å². The Kier molecular flexibility index (Phi) is 4.40. The van der Waals surface area contributed by atoms with Crippen molar-refractivity contribution in [1.29, 1.82) is 0 Å². The second kappa shape index (κ2) is 5.94. The first-order valence-corrected chi connectivity index (χ1v) is 8.73. The summed E-state index contributed by atoms with van der Waals surface area (Å²) in [6.07, 6.45) is 8.08. The lowest BCUT2D eigenvalue weighted by Crippen LogP contribution is -2.45. The molecule has 20 heavy (non-hydrogen) atoms. The molecule has 3 nitrogen and oxygen atoms in total. The first-order valence-electron chi connectivity index (χ1n) is 8.73. The Labute approximate surface area is 124 Å². The van der Waals surface area contributed by atoms with Crippen LogP contribution in [0.3, 0.4) is 0 Å². The second-order valence-corrected chi connectivity index (χ2v) is 7.63. The number of nitrogens with zero attached hydrogens (tertiary/aromatic N) is 1. The van der Waals surface area contributed by atoms with Gasteiger partial charge in [0.25, 0.3) is 0 Å². The first-order chi connectivity index (χ1) is 9.69. The summed E-state index contributed by atoms with van der Waals surface area (Å²) in [5.74, 6) is 0. The lowest BCUT2D eigenvalue weighted by molar-refractivity contribution is 0.111. The van der Waals surface area contributed by atoms with Crippen molar-refractivity contribution >= 4 is 0 Å². The Morgan fingerprint density at radius 2 is 1.95 bits per heavy atom. The van der Waals surface area contributed by atoms with Crippen LogP contribution in [0.15, 0.2) is 0 Å². The molecule has 0 bridgehead atoms. The second-order valence-electron chi connectivity index (χ2n) is 7.63. The van der Waals surface area contributed by atoms with Crippen molar-refractivity contribution in [2.24, 2.45) is 10.8 Å². The standard InChI is InChI=1S/C17H32N2O/c1-3-16(4-2)7-9-19(12-16)13-17(8-10-20-14-17)11-18-15-5-6-15/h15,18H,3-14H2,1-2H3. The highest BCUT2D eigenvalue weighted by molar-refractivity contribution is 4.95. The van der Waals surface area contributed by atoms with E-state index in [-0.39, 0.29) is 0 Å². The average molecular weight is 280 g/mol. The van der Waals surface area contributed by atoms with Crippen molar-refractivity contribution in [3.8, 4) is 0 Å². The van der Waals surface area contributed by atoms with Gasteiger partial charge in [0.1, 0.15) is 0 Å². The van der Waals surface area contributed by atoms with Crippen LogP contribution in [-0.2, 0) is 4.74 Å². The fraction of sp³-hybridized carbons (Fsp3) is 1.00. The van der Waals surface area contributed by atoms with Crippen LogP contribution in [0.4, 0.5) is 0 Å². The number of nitrogens with one attached hydrogen (secondary N) is 1. The van der Waals surface area contributed by atoms with E-state index >= 15 is 0 Å². The van der Waals surface area contributed by atoms with Crippen molar-refractivity contribution in [3.63, 3.8) is 0 Å². The van der Waals surface area contributed by atoms with Gasteiger partial charge in [-0.2, -0.15) is 0 Å². The van der Waals surface area contributed by atoms with E-state index in [1.54, 1.807) is 0 Å². The molecule has 2 saturated heterocycles. The van der Waals surface area contributed by atoms with Gasteiger partial charge in [-0.3, -0.25) is 0 Å². The molecule has 1 unspecified atom stereocenters. The molecule has 3 aliphatic rings. The molecule has 0 amide bonds. The van der Waals surface area contributed by atoms with Crippen LogP contribution in [0.5, 0.6) is 0 Å². The molecule has 1 atom stereocenters. The third-order valence-electron chi connectivity index (χ3n) is 6.10. The SMILES string of the molecule is CCC1(CC)CCN(CC2(CNC3CC3)CCOC2)C1. The van der Waals surface area contributed by atoms with Crippen LogP contribution in [0.2, 0.25) is 0 Å². The summed E-state index contributed by atoms with van der Waals surface area (Å²) in [5, 5.41) is 3.76. The summed E-state index contributed by atoms with van der Waals surface area (Å²) in [5.41, 5.74) is 0.991. The summed E-state index contributed by atoms with van der Waals surface area (Å²) in [4.78, 5) is 2.73. The fourth-order valence-electron chi connectivity index (χ4n) is 4.08. The van der Waals surface area contributed by atoms with E-state index in [9.17, 15) is 0 Å². The van der Waals surface area contributed by atoms with Gasteiger partial charge in [0.15, 0.2) is 0 Å². The molecule has 2 heterocycles. The maximum Gasteiger partial charge on any atom is 0.0547 e. The van der Waals surface area contributed by atoms with Crippen LogP contribution in [0.25, 0.3) is 0 Å². The minimum absolute atomic E-state index is 0.389. The molecule has 116 valence electrons. The highest BCUT2D eigenvalue weighted by Crippen LogP contribution is 2.39. The van der Waals surface area contributed by atoms with Gasteiger partial charge in [-0.05, 0) is 50.5 Å². The lowest BCUT2D eigenvalue weighted by Gasteiger charge is -2.34. The predicted molar refractivity (Wildman–Crippen MR) is 83.0 cm³/mol. The molecule has 3 heteroatoms. The highest BCUT2D eigenvalue weighted by Gasteiger charge is 2.42.